The maximum Gasteiger partial charge on any atom is 0.326 e. The molecule has 38 heavy (non-hydrogen) atoms. The van der Waals surface area contributed by atoms with Crippen LogP contribution in [-0.4, -0.2) is 42.4 Å². The van der Waals surface area contributed by atoms with Crippen LogP contribution in [-0.2, 0) is 14.3 Å². The molecular formula is C30H33N3O5. The van der Waals surface area contributed by atoms with E-state index in [9.17, 15) is 19.2 Å². The molecule has 0 heterocycles. The number of hydrogen-bond donors (Lipinski definition) is 2. The van der Waals surface area contributed by atoms with Crippen LogP contribution >= 0.6 is 0 Å². The molecule has 0 aromatic heterocycles. The van der Waals surface area contributed by atoms with E-state index in [1.807, 2.05) is 31.2 Å². The first-order chi connectivity index (χ1) is 18.0. The van der Waals surface area contributed by atoms with Crippen molar-refractivity contribution in [3.05, 3.63) is 95.6 Å². The van der Waals surface area contributed by atoms with Crippen LogP contribution in [0, 0.1) is 6.92 Å². The summed E-state index contributed by atoms with van der Waals surface area (Å²) < 4.78 is 5.45. The minimum Gasteiger partial charge on any atom is -0.459 e. The molecule has 0 aliphatic rings. The third-order valence-corrected chi connectivity index (χ3v) is 5.38. The van der Waals surface area contributed by atoms with Gasteiger partial charge in [0.1, 0.15) is 12.1 Å². The van der Waals surface area contributed by atoms with Gasteiger partial charge in [0, 0.05) is 29.8 Å². The molecule has 0 saturated heterocycles. The Bertz CT molecular complexity index is 1300. The first-order valence-corrected chi connectivity index (χ1v) is 12.4. The van der Waals surface area contributed by atoms with Crippen LogP contribution in [0.1, 0.15) is 48.7 Å². The second-order valence-electron chi connectivity index (χ2n) is 9.78. The first kappa shape index (κ1) is 28.1. The predicted molar refractivity (Wildman–Crippen MR) is 147 cm³/mol. The lowest BCUT2D eigenvalue weighted by molar-refractivity contribution is -0.153. The Labute approximate surface area is 223 Å². The molecule has 2 N–H and O–H groups in total. The number of aryl methyl sites for hydroxylation is 1. The third-order valence-electron chi connectivity index (χ3n) is 5.38. The maximum absolute atomic E-state index is 13.4. The van der Waals surface area contributed by atoms with Gasteiger partial charge in [-0.1, -0.05) is 54.6 Å². The minimum atomic E-state index is -0.749. The Morgan fingerprint density at radius 2 is 1.55 bits per heavy atom. The molecule has 0 saturated carbocycles. The summed E-state index contributed by atoms with van der Waals surface area (Å²) in [5.41, 5.74) is 1.91. The van der Waals surface area contributed by atoms with Gasteiger partial charge >= 0.3 is 12.0 Å². The van der Waals surface area contributed by atoms with Gasteiger partial charge in [0.2, 0.25) is 5.91 Å². The molecule has 0 spiro atoms. The molecule has 0 atom stereocenters. The molecule has 3 rings (SSSR count). The van der Waals surface area contributed by atoms with Gasteiger partial charge in [-0.2, -0.15) is 0 Å². The fraction of sp³-hybridized carbons (Fsp3) is 0.267. The van der Waals surface area contributed by atoms with Crippen molar-refractivity contribution in [2.45, 2.75) is 39.7 Å². The molecule has 0 unspecified atom stereocenters. The number of benzene rings is 3. The maximum atomic E-state index is 13.4. The van der Waals surface area contributed by atoms with Crippen LogP contribution in [0.4, 0.5) is 16.2 Å². The van der Waals surface area contributed by atoms with Gasteiger partial charge in [-0.15, -0.1) is 0 Å². The van der Waals surface area contributed by atoms with Crippen molar-refractivity contribution in [2.24, 2.45) is 0 Å². The molecule has 0 bridgehead atoms. The highest BCUT2D eigenvalue weighted by atomic mass is 16.6. The van der Waals surface area contributed by atoms with E-state index >= 15 is 0 Å². The zero-order valence-electron chi connectivity index (χ0n) is 22.1. The number of nitrogens with one attached hydrogen (secondary N) is 2. The van der Waals surface area contributed by atoms with Crippen molar-refractivity contribution in [3.8, 4) is 0 Å². The highest BCUT2D eigenvalue weighted by Crippen LogP contribution is 2.25. The van der Waals surface area contributed by atoms with Crippen LogP contribution in [0.5, 0.6) is 0 Å². The summed E-state index contributed by atoms with van der Waals surface area (Å²) in [7, 11) is 0. The van der Waals surface area contributed by atoms with Crippen LogP contribution < -0.4 is 15.5 Å². The van der Waals surface area contributed by atoms with Gasteiger partial charge in [-0.25, -0.2) is 4.79 Å². The van der Waals surface area contributed by atoms with Gasteiger partial charge in [0.05, 0.1) is 5.69 Å². The molecule has 3 aromatic rings. The SMILES string of the molecule is Cc1cccc(NC(=O)NCCC(=O)N(CC(=O)OC(C)(C)C)c2ccccc2C(=O)c2ccccc2)c1. The third kappa shape index (κ3) is 8.30. The highest BCUT2D eigenvalue weighted by Gasteiger charge is 2.27. The number of ketones is 1. The van der Waals surface area contributed by atoms with Crippen LogP contribution in [0.15, 0.2) is 78.9 Å². The van der Waals surface area contributed by atoms with Gasteiger partial charge in [-0.05, 0) is 57.5 Å². The summed E-state index contributed by atoms with van der Waals surface area (Å²) in [5.74, 6) is -1.34. The molecule has 198 valence electrons. The Balaban J connectivity index is 1.78. The predicted octanol–water partition coefficient (Wildman–Crippen LogP) is 5.11. The Morgan fingerprint density at radius 3 is 2.24 bits per heavy atom. The van der Waals surface area contributed by atoms with E-state index in [1.165, 1.54) is 4.90 Å². The number of ether oxygens (including phenoxy) is 1. The Hall–Kier alpha value is -4.46. The quantitative estimate of drug-likeness (QED) is 0.304. The summed E-state index contributed by atoms with van der Waals surface area (Å²) in [4.78, 5) is 53.0. The van der Waals surface area contributed by atoms with Gasteiger partial charge < -0.3 is 20.3 Å². The summed E-state index contributed by atoms with van der Waals surface area (Å²) in [5, 5.41) is 5.39. The smallest absolute Gasteiger partial charge is 0.326 e. The number of rotatable bonds is 9. The van der Waals surface area contributed by atoms with E-state index in [1.54, 1.807) is 75.4 Å². The number of esters is 1. The molecule has 0 aliphatic heterocycles. The van der Waals surface area contributed by atoms with Crippen molar-refractivity contribution >= 4 is 35.1 Å². The van der Waals surface area contributed by atoms with Crippen molar-refractivity contribution in [3.63, 3.8) is 0 Å². The number of urea groups is 1. The molecule has 3 amide bonds. The molecule has 8 nitrogen and oxygen atoms in total. The standard InChI is InChI=1S/C30H33N3O5/c1-21-11-10-14-23(19-21)32-29(37)31-18-17-26(34)33(20-27(35)38-30(2,3)4)25-16-9-8-15-24(25)28(36)22-12-6-5-7-13-22/h5-16,19H,17-18,20H2,1-4H3,(H2,31,32,37). The lowest BCUT2D eigenvalue weighted by Gasteiger charge is -2.27. The zero-order valence-corrected chi connectivity index (χ0v) is 22.1. The topological polar surface area (TPSA) is 105 Å². The number of carbonyl (C=O) groups is 4. The first-order valence-electron chi connectivity index (χ1n) is 12.4. The normalized spacial score (nSPS) is 10.8. The highest BCUT2D eigenvalue weighted by molar-refractivity contribution is 6.14. The monoisotopic (exact) mass is 515 g/mol. The van der Waals surface area contributed by atoms with E-state index in [4.69, 9.17) is 4.74 Å². The fourth-order valence-corrected chi connectivity index (χ4v) is 3.77. The molecule has 0 aliphatic carbocycles. The molecular weight excluding hydrogens is 482 g/mol. The summed E-state index contributed by atoms with van der Waals surface area (Å²) in [6.07, 6.45) is -0.0993. The second-order valence-corrected chi connectivity index (χ2v) is 9.78. The van der Waals surface area contributed by atoms with Crippen LogP contribution in [0.25, 0.3) is 0 Å². The minimum absolute atomic E-state index is 0.0239. The van der Waals surface area contributed by atoms with E-state index in [0.29, 0.717) is 16.9 Å². The fourth-order valence-electron chi connectivity index (χ4n) is 3.77. The van der Waals surface area contributed by atoms with Crippen LogP contribution in [0.2, 0.25) is 0 Å². The lowest BCUT2D eigenvalue weighted by Crippen LogP contribution is -2.41. The average molecular weight is 516 g/mol. The number of nitrogens with zero attached hydrogens (tertiary/aromatic N) is 1. The molecule has 3 aromatic carbocycles. The van der Waals surface area contributed by atoms with Gasteiger partial charge in [0.15, 0.2) is 5.78 Å². The summed E-state index contributed by atoms with van der Waals surface area (Å²) in [6.45, 7) is 6.77. The lowest BCUT2D eigenvalue weighted by atomic mass is 10.0. The molecule has 0 fully saturated rings. The second kappa shape index (κ2) is 12.7. The van der Waals surface area contributed by atoms with Crippen molar-refractivity contribution in [2.75, 3.05) is 23.3 Å². The van der Waals surface area contributed by atoms with Gasteiger partial charge in [-0.3, -0.25) is 14.4 Å². The van der Waals surface area contributed by atoms with Gasteiger partial charge in [0.25, 0.3) is 0 Å². The van der Waals surface area contributed by atoms with E-state index in [-0.39, 0.29) is 30.9 Å². The number of carbonyl (C=O) groups excluding carboxylic acids is 4. The molecule has 8 heteroatoms. The summed E-state index contributed by atoms with van der Waals surface area (Å²) >= 11 is 0. The van der Waals surface area contributed by atoms with E-state index in [2.05, 4.69) is 10.6 Å². The number of anilines is 2. The Kier molecular flexibility index (Phi) is 9.38. The van der Waals surface area contributed by atoms with E-state index in [0.717, 1.165) is 5.56 Å². The number of amides is 3. The average Bonchev–Trinajstić information content (AvgIpc) is 2.86. The van der Waals surface area contributed by atoms with Crippen LogP contribution in [0.3, 0.4) is 0 Å². The zero-order chi connectivity index (χ0) is 27.7. The summed E-state index contributed by atoms with van der Waals surface area (Å²) in [6, 6.07) is 22.2. The van der Waals surface area contributed by atoms with E-state index < -0.39 is 23.5 Å². The van der Waals surface area contributed by atoms with Crippen molar-refractivity contribution in [1.82, 2.24) is 5.32 Å². The number of hydrogen-bond acceptors (Lipinski definition) is 5. The van der Waals surface area contributed by atoms with Crippen molar-refractivity contribution in [1.29, 1.82) is 0 Å². The largest absolute Gasteiger partial charge is 0.459 e. The van der Waals surface area contributed by atoms with Crippen molar-refractivity contribution < 1.29 is 23.9 Å². The molecule has 0 radical (unpaired) electrons. The number of para-hydroxylation sites is 1. The Morgan fingerprint density at radius 1 is 0.868 bits per heavy atom.